The summed E-state index contributed by atoms with van der Waals surface area (Å²) in [5.74, 6) is 0.162. The second-order valence-electron chi connectivity index (χ2n) is 7.21. The minimum Gasteiger partial charge on any atom is -0.497 e. The Bertz CT molecular complexity index is 1030. The van der Waals surface area contributed by atoms with Gasteiger partial charge < -0.3 is 9.64 Å². The summed E-state index contributed by atoms with van der Waals surface area (Å²) in [5.41, 5.74) is 0.0964. The Kier molecular flexibility index (Phi) is 10.1. The smallest absolute Gasteiger partial charge is 0.228 e. The number of halogens is 3. The molecule has 0 fully saturated rings. The molecule has 0 saturated heterocycles. The van der Waals surface area contributed by atoms with Crippen molar-refractivity contribution in [2.24, 2.45) is 0 Å². The number of fused-ring (bicyclic) bond motifs is 1. The van der Waals surface area contributed by atoms with Gasteiger partial charge >= 0.3 is 0 Å². The van der Waals surface area contributed by atoms with Crippen LogP contribution in [0.3, 0.4) is 0 Å². The highest BCUT2D eigenvalue weighted by Crippen LogP contribution is 2.31. The van der Waals surface area contributed by atoms with Crippen LogP contribution in [0.5, 0.6) is 5.75 Å². The third-order valence-electron chi connectivity index (χ3n) is 4.57. The van der Waals surface area contributed by atoms with Crippen LogP contribution in [0.1, 0.15) is 12.8 Å². The van der Waals surface area contributed by atoms with Crippen molar-refractivity contribution in [3.05, 3.63) is 48.0 Å². The number of aromatic nitrogens is 1. The SMILES string of the molecule is COc1ccc(SCCCC(=O)N(CCN(C)C)c2nc3c(F)cc(F)cc3s2)cc1.Cl. The Labute approximate surface area is 201 Å². The molecule has 5 nitrogen and oxygen atoms in total. The van der Waals surface area contributed by atoms with E-state index in [4.69, 9.17) is 4.74 Å². The lowest BCUT2D eigenvalue weighted by molar-refractivity contribution is -0.118. The van der Waals surface area contributed by atoms with E-state index in [0.29, 0.717) is 35.8 Å². The minimum absolute atomic E-state index is 0. The van der Waals surface area contributed by atoms with Gasteiger partial charge in [0.05, 0.1) is 11.8 Å². The molecule has 0 aliphatic carbocycles. The molecule has 2 aromatic carbocycles. The second kappa shape index (κ2) is 12.3. The number of rotatable bonds is 10. The van der Waals surface area contributed by atoms with Gasteiger partial charge in [-0.2, -0.15) is 0 Å². The Morgan fingerprint density at radius 3 is 2.53 bits per heavy atom. The lowest BCUT2D eigenvalue weighted by Gasteiger charge is -2.22. The van der Waals surface area contributed by atoms with E-state index in [-0.39, 0.29) is 23.8 Å². The molecule has 0 aliphatic rings. The molecule has 32 heavy (non-hydrogen) atoms. The molecule has 0 bridgehead atoms. The van der Waals surface area contributed by atoms with Gasteiger partial charge in [-0.3, -0.25) is 9.69 Å². The first-order valence-corrected chi connectivity index (χ1v) is 11.6. The van der Waals surface area contributed by atoms with Gasteiger partial charge in [0.15, 0.2) is 10.9 Å². The summed E-state index contributed by atoms with van der Waals surface area (Å²) >= 11 is 2.81. The van der Waals surface area contributed by atoms with Crippen LogP contribution in [0.4, 0.5) is 13.9 Å². The van der Waals surface area contributed by atoms with Gasteiger partial charge in [-0.15, -0.1) is 24.2 Å². The molecule has 0 unspecified atom stereocenters. The van der Waals surface area contributed by atoms with Crippen molar-refractivity contribution in [2.45, 2.75) is 17.7 Å². The van der Waals surface area contributed by atoms with Crippen LogP contribution in [-0.2, 0) is 4.79 Å². The molecule has 0 atom stereocenters. The average molecular weight is 502 g/mol. The lowest BCUT2D eigenvalue weighted by Crippen LogP contribution is -2.36. The molecule has 1 heterocycles. The maximum absolute atomic E-state index is 14.1. The summed E-state index contributed by atoms with van der Waals surface area (Å²) in [7, 11) is 5.47. The van der Waals surface area contributed by atoms with Gasteiger partial charge in [0, 0.05) is 30.5 Å². The summed E-state index contributed by atoms with van der Waals surface area (Å²) in [6, 6.07) is 9.86. The van der Waals surface area contributed by atoms with Crippen molar-refractivity contribution in [2.75, 3.05) is 44.9 Å². The van der Waals surface area contributed by atoms with Crippen LogP contribution < -0.4 is 9.64 Å². The fraction of sp³-hybridized carbons (Fsp3) is 0.364. The average Bonchev–Trinajstić information content (AvgIpc) is 3.15. The van der Waals surface area contributed by atoms with Crippen LogP contribution in [0.25, 0.3) is 10.2 Å². The lowest BCUT2D eigenvalue weighted by atomic mass is 10.3. The molecular formula is C22H26ClF2N3O2S2. The molecule has 3 aromatic rings. The fourth-order valence-electron chi connectivity index (χ4n) is 2.91. The van der Waals surface area contributed by atoms with Crippen LogP contribution in [0.15, 0.2) is 41.3 Å². The third-order valence-corrected chi connectivity index (χ3v) is 6.69. The number of hydrogen-bond acceptors (Lipinski definition) is 6. The van der Waals surface area contributed by atoms with E-state index in [1.165, 1.54) is 6.07 Å². The molecule has 0 radical (unpaired) electrons. The highest BCUT2D eigenvalue weighted by molar-refractivity contribution is 7.99. The first-order chi connectivity index (χ1) is 14.9. The Morgan fingerprint density at radius 1 is 1.16 bits per heavy atom. The van der Waals surface area contributed by atoms with E-state index in [1.807, 2.05) is 43.3 Å². The molecule has 0 spiro atoms. The first kappa shape index (κ1) is 26.3. The monoisotopic (exact) mass is 501 g/mol. The molecular weight excluding hydrogens is 476 g/mol. The van der Waals surface area contributed by atoms with Crippen molar-refractivity contribution in [1.82, 2.24) is 9.88 Å². The molecule has 0 N–H and O–H groups in total. The van der Waals surface area contributed by atoms with Gasteiger partial charge in [-0.25, -0.2) is 13.8 Å². The Morgan fingerprint density at radius 2 is 1.88 bits per heavy atom. The number of hydrogen-bond donors (Lipinski definition) is 0. The zero-order chi connectivity index (χ0) is 22.4. The van der Waals surface area contributed by atoms with E-state index >= 15 is 0 Å². The predicted molar refractivity (Wildman–Crippen MR) is 131 cm³/mol. The van der Waals surface area contributed by atoms with Gasteiger partial charge in [-0.05, 0) is 56.6 Å². The van der Waals surface area contributed by atoms with Crippen LogP contribution in [0, 0.1) is 11.6 Å². The number of benzene rings is 2. The van der Waals surface area contributed by atoms with Crippen LogP contribution >= 0.6 is 35.5 Å². The molecule has 1 aromatic heterocycles. The van der Waals surface area contributed by atoms with Crippen LogP contribution in [-0.4, -0.2) is 55.8 Å². The topological polar surface area (TPSA) is 45.7 Å². The highest BCUT2D eigenvalue weighted by Gasteiger charge is 2.21. The highest BCUT2D eigenvalue weighted by atomic mass is 35.5. The number of ether oxygens (including phenoxy) is 1. The number of thioether (sulfide) groups is 1. The van der Waals surface area contributed by atoms with E-state index < -0.39 is 11.6 Å². The first-order valence-electron chi connectivity index (χ1n) is 9.85. The number of amides is 1. The number of nitrogens with zero attached hydrogens (tertiary/aromatic N) is 3. The molecule has 10 heteroatoms. The third kappa shape index (κ3) is 7.03. The number of thiazole rings is 1. The molecule has 3 rings (SSSR count). The van der Waals surface area contributed by atoms with Crippen molar-refractivity contribution in [3.63, 3.8) is 0 Å². The zero-order valence-electron chi connectivity index (χ0n) is 18.1. The fourth-order valence-corrected chi connectivity index (χ4v) is 4.81. The molecule has 0 aliphatic heterocycles. The van der Waals surface area contributed by atoms with Crippen molar-refractivity contribution in [3.8, 4) is 5.75 Å². The molecule has 0 saturated carbocycles. The second-order valence-corrected chi connectivity index (χ2v) is 9.38. The Hall–Kier alpha value is -1.94. The van der Waals surface area contributed by atoms with Gasteiger partial charge in [-0.1, -0.05) is 11.3 Å². The summed E-state index contributed by atoms with van der Waals surface area (Å²) in [6.07, 6.45) is 1.05. The predicted octanol–water partition coefficient (Wildman–Crippen LogP) is 5.47. The van der Waals surface area contributed by atoms with Crippen molar-refractivity contribution >= 4 is 56.8 Å². The summed E-state index contributed by atoms with van der Waals surface area (Å²) in [5, 5.41) is 0.397. The Balaban J connectivity index is 0.00000363. The van der Waals surface area contributed by atoms with E-state index in [0.717, 1.165) is 33.8 Å². The number of carbonyl (C=O) groups is 1. The quantitative estimate of drug-likeness (QED) is 0.272. The molecule has 174 valence electrons. The maximum Gasteiger partial charge on any atom is 0.228 e. The van der Waals surface area contributed by atoms with Gasteiger partial charge in [0.25, 0.3) is 0 Å². The van der Waals surface area contributed by atoms with Crippen LogP contribution in [0.2, 0.25) is 0 Å². The normalized spacial score (nSPS) is 10.9. The number of likely N-dealkylation sites (N-methyl/N-ethyl adjacent to an activating group) is 1. The summed E-state index contributed by atoms with van der Waals surface area (Å²) < 4.78 is 33.2. The van der Waals surface area contributed by atoms with Crippen molar-refractivity contribution in [1.29, 1.82) is 0 Å². The molecule has 1 amide bonds. The van der Waals surface area contributed by atoms with Crippen molar-refractivity contribution < 1.29 is 18.3 Å². The maximum atomic E-state index is 14.1. The summed E-state index contributed by atoms with van der Waals surface area (Å²) in [4.78, 5) is 21.9. The van der Waals surface area contributed by atoms with E-state index in [2.05, 4.69) is 4.98 Å². The zero-order valence-corrected chi connectivity index (χ0v) is 20.6. The van der Waals surface area contributed by atoms with E-state index in [1.54, 1.807) is 23.8 Å². The van der Waals surface area contributed by atoms with Gasteiger partial charge in [0.1, 0.15) is 17.1 Å². The minimum atomic E-state index is -0.714. The standard InChI is InChI=1S/C22H25F2N3O2S2.ClH/c1-26(2)10-11-27(22-25-21-18(24)13-15(23)14-19(21)31-22)20(28)5-4-12-30-17-8-6-16(29-3)7-9-17;/h6-9,13-14H,4-5,10-12H2,1-3H3;1H. The number of anilines is 1. The number of methoxy groups -OCH3 is 1. The van der Waals surface area contributed by atoms with E-state index in [9.17, 15) is 13.6 Å². The largest absolute Gasteiger partial charge is 0.497 e. The van der Waals surface area contributed by atoms with Gasteiger partial charge in [0.2, 0.25) is 5.91 Å². The summed E-state index contributed by atoms with van der Waals surface area (Å²) in [6.45, 7) is 1.07. The number of carbonyl (C=O) groups excluding carboxylic acids is 1.